The number of benzene rings is 1. The third kappa shape index (κ3) is 1.97. The molecule has 2 aromatic rings. The van der Waals surface area contributed by atoms with Crippen LogP contribution in [-0.2, 0) is 0 Å². The Bertz CT molecular complexity index is 502. The molecule has 0 fully saturated rings. The second kappa shape index (κ2) is 3.95. The van der Waals surface area contributed by atoms with E-state index in [9.17, 15) is 4.79 Å². The molecule has 0 bridgehead atoms. The Morgan fingerprint density at radius 1 is 1.33 bits per heavy atom. The van der Waals surface area contributed by atoms with Gasteiger partial charge >= 0.3 is 0 Å². The van der Waals surface area contributed by atoms with E-state index >= 15 is 0 Å². The van der Waals surface area contributed by atoms with E-state index in [2.05, 4.69) is 4.98 Å². The van der Waals surface area contributed by atoms with Crippen molar-refractivity contribution in [3.8, 4) is 10.6 Å². The summed E-state index contributed by atoms with van der Waals surface area (Å²) in [5, 5.41) is 0.915. The zero-order chi connectivity index (χ0) is 10.8. The first-order valence-electron chi connectivity index (χ1n) is 4.71. The summed E-state index contributed by atoms with van der Waals surface area (Å²) in [6.07, 6.45) is 1.65. The number of ketones is 1. The highest BCUT2D eigenvalue weighted by Crippen LogP contribution is 2.27. The van der Waals surface area contributed by atoms with Gasteiger partial charge in [-0.25, -0.2) is 4.98 Å². The van der Waals surface area contributed by atoms with E-state index in [1.54, 1.807) is 13.1 Å². The molecule has 1 heterocycles. The van der Waals surface area contributed by atoms with Crippen LogP contribution in [0.2, 0.25) is 0 Å². The molecule has 76 valence electrons. The van der Waals surface area contributed by atoms with Gasteiger partial charge in [0.25, 0.3) is 0 Å². The molecule has 2 nitrogen and oxygen atoms in total. The van der Waals surface area contributed by atoms with E-state index in [0.717, 1.165) is 10.6 Å². The number of carbonyl (C=O) groups excluding carboxylic acids is 1. The molecule has 1 aromatic carbocycles. The largest absolute Gasteiger partial charge is 0.294 e. The lowest BCUT2D eigenvalue weighted by Crippen LogP contribution is -1.83. The van der Waals surface area contributed by atoms with Gasteiger partial charge < -0.3 is 0 Å². The lowest BCUT2D eigenvalue weighted by molar-refractivity contribution is 0.102. The minimum absolute atomic E-state index is 0.0762. The summed E-state index contributed by atoms with van der Waals surface area (Å²) < 4.78 is 0. The van der Waals surface area contributed by atoms with Gasteiger partial charge in [-0.15, -0.1) is 11.3 Å². The Kier molecular flexibility index (Phi) is 2.64. The highest BCUT2D eigenvalue weighted by atomic mass is 32.1. The average molecular weight is 217 g/mol. The van der Waals surface area contributed by atoms with Crippen molar-refractivity contribution < 1.29 is 4.79 Å². The summed E-state index contributed by atoms with van der Waals surface area (Å²) in [6, 6.07) is 8.05. The number of hydrogen-bond acceptors (Lipinski definition) is 3. The van der Waals surface area contributed by atoms with Crippen LogP contribution in [0, 0.1) is 6.92 Å². The van der Waals surface area contributed by atoms with Crippen LogP contribution in [0.4, 0.5) is 0 Å². The van der Waals surface area contributed by atoms with Gasteiger partial charge in [-0.05, 0) is 12.5 Å². The van der Waals surface area contributed by atoms with Crippen molar-refractivity contribution in [3.05, 3.63) is 40.9 Å². The number of aryl methyl sites for hydroxylation is 1. The van der Waals surface area contributed by atoms with E-state index in [-0.39, 0.29) is 5.78 Å². The van der Waals surface area contributed by atoms with Crippen LogP contribution in [0.5, 0.6) is 0 Å². The predicted octanol–water partition coefficient (Wildman–Crippen LogP) is 3.32. The Morgan fingerprint density at radius 2 is 2.07 bits per heavy atom. The quantitative estimate of drug-likeness (QED) is 0.722. The number of rotatable bonds is 2. The molecule has 0 aliphatic carbocycles. The van der Waals surface area contributed by atoms with Gasteiger partial charge in [0, 0.05) is 18.7 Å². The summed E-state index contributed by atoms with van der Waals surface area (Å²) in [5.74, 6) is 0.0762. The van der Waals surface area contributed by atoms with Gasteiger partial charge in [-0.3, -0.25) is 4.79 Å². The van der Waals surface area contributed by atoms with E-state index in [0.29, 0.717) is 4.88 Å². The summed E-state index contributed by atoms with van der Waals surface area (Å²) >= 11 is 1.45. The zero-order valence-electron chi connectivity index (χ0n) is 8.65. The van der Waals surface area contributed by atoms with Crippen molar-refractivity contribution in [1.82, 2.24) is 4.98 Å². The highest BCUT2D eigenvalue weighted by molar-refractivity contribution is 7.16. The van der Waals surface area contributed by atoms with Crippen molar-refractivity contribution in [2.75, 3.05) is 0 Å². The van der Waals surface area contributed by atoms with Gasteiger partial charge in [0.2, 0.25) is 0 Å². The first kappa shape index (κ1) is 10.1. The van der Waals surface area contributed by atoms with E-state index in [1.807, 2.05) is 31.2 Å². The van der Waals surface area contributed by atoms with Gasteiger partial charge in [-0.1, -0.05) is 24.3 Å². The number of Topliss-reactive ketones (excluding diaryl/α,β-unsaturated/α-hetero) is 1. The molecular formula is C12H11NOS. The summed E-state index contributed by atoms with van der Waals surface area (Å²) in [6.45, 7) is 3.61. The van der Waals surface area contributed by atoms with Crippen LogP contribution in [0.3, 0.4) is 0 Å². The molecule has 0 saturated carbocycles. The molecule has 0 aliphatic rings. The van der Waals surface area contributed by atoms with Crippen LogP contribution in [0.25, 0.3) is 10.6 Å². The number of nitrogens with zero attached hydrogens (tertiary/aromatic N) is 1. The molecule has 0 radical (unpaired) electrons. The van der Waals surface area contributed by atoms with Crippen molar-refractivity contribution in [2.45, 2.75) is 13.8 Å². The summed E-state index contributed by atoms with van der Waals surface area (Å²) in [5.41, 5.74) is 2.29. The molecule has 0 amide bonds. The number of thiazole rings is 1. The van der Waals surface area contributed by atoms with E-state index < -0.39 is 0 Å². The van der Waals surface area contributed by atoms with E-state index in [1.165, 1.54) is 16.9 Å². The van der Waals surface area contributed by atoms with Crippen molar-refractivity contribution in [1.29, 1.82) is 0 Å². The van der Waals surface area contributed by atoms with Gasteiger partial charge in [0.15, 0.2) is 5.78 Å². The van der Waals surface area contributed by atoms with Gasteiger partial charge in [0.05, 0.1) is 4.88 Å². The molecule has 3 heteroatoms. The van der Waals surface area contributed by atoms with Crippen LogP contribution >= 0.6 is 11.3 Å². The lowest BCUT2D eigenvalue weighted by Gasteiger charge is -1.99. The van der Waals surface area contributed by atoms with Crippen molar-refractivity contribution >= 4 is 17.1 Å². The van der Waals surface area contributed by atoms with Crippen LogP contribution in [-0.4, -0.2) is 10.8 Å². The number of aromatic nitrogens is 1. The summed E-state index contributed by atoms with van der Waals surface area (Å²) in [4.78, 5) is 16.1. The normalized spacial score (nSPS) is 10.3. The standard InChI is InChI=1S/C12H11NOS/c1-8-5-3-4-6-10(8)12-13-7-11(15-12)9(2)14/h3-7H,1-2H3. The average Bonchev–Trinajstić information content (AvgIpc) is 2.67. The van der Waals surface area contributed by atoms with Crippen LogP contribution in [0.15, 0.2) is 30.5 Å². The molecule has 0 unspecified atom stereocenters. The monoisotopic (exact) mass is 217 g/mol. The summed E-state index contributed by atoms with van der Waals surface area (Å²) in [7, 11) is 0. The zero-order valence-corrected chi connectivity index (χ0v) is 9.47. The van der Waals surface area contributed by atoms with E-state index in [4.69, 9.17) is 0 Å². The second-order valence-electron chi connectivity index (χ2n) is 3.40. The minimum atomic E-state index is 0.0762. The van der Waals surface area contributed by atoms with Gasteiger partial charge in [0.1, 0.15) is 5.01 Å². The Labute approximate surface area is 92.6 Å². The third-order valence-corrected chi connectivity index (χ3v) is 3.36. The van der Waals surface area contributed by atoms with Gasteiger partial charge in [-0.2, -0.15) is 0 Å². The lowest BCUT2D eigenvalue weighted by atomic mass is 10.1. The fourth-order valence-electron chi connectivity index (χ4n) is 1.37. The first-order chi connectivity index (χ1) is 7.18. The maximum Gasteiger partial charge on any atom is 0.171 e. The topological polar surface area (TPSA) is 30.0 Å². The molecule has 0 aliphatic heterocycles. The molecule has 0 N–H and O–H groups in total. The van der Waals surface area contributed by atoms with Crippen LogP contribution in [0.1, 0.15) is 22.2 Å². The first-order valence-corrected chi connectivity index (χ1v) is 5.53. The van der Waals surface area contributed by atoms with Crippen LogP contribution < -0.4 is 0 Å². The molecule has 0 spiro atoms. The third-order valence-electron chi connectivity index (χ3n) is 2.23. The predicted molar refractivity (Wildman–Crippen MR) is 62.3 cm³/mol. The maximum absolute atomic E-state index is 11.1. The highest BCUT2D eigenvalue weighted by Gasteiger charge is 2.08. The molecule has 2 rings (SSSR count). The molecule has 15 heavy (non-hydrogen) atoms. The fraction of sp³-hybridized carbons (Fsp3) is 0.167. The second-order valence-corrected chi connectivity index (χ2v) is 4.43. The molecular weight excluding hydrogens is 206 g/mol. The number of hydrogen-bond donors (Lipinski definition) is 0. The maximum atomic E-state index is 11.1. The minimum Gasteiger partial charge on any atom is -0.294 e. The molecule has 0 atom stereocenters. The van der Waals surface area contributed by atoms with Crippen molar-refractivity contribution in [2.24, 2.45) is 0 Å². The molecule has 1 aromatic heterocycles. The molecule has 0 saturated heterocycles. The Morgan fingerprint density at radius 3 is 2.67 bits per heavy atom. The SMILES string of the molecule is CC(=O)c1cnc(-c2ccccc2C)s1. The number of carbonyl (C=O) groups is 1. The fourth-order valence-corrected chi connectivity index (χ4v) is 2.28. The smallest absolute Gasteiger partial charge is 0.171 e. The van der Waals surface area contributed by atoms with Crippen molar-refractivity contribution in [3.63, 3.8) is 0 Å². The Balaban J connectivity index is 2.46. The Hall–Kier alpha value is -1.48.